The van der Waals surface area contributed by atoms with Crippen LogP contribution in [0.2, 0.25) is 0 Å². The zero-order chi connectivity index (χ0) is 19.9. The van der Waals surface area contributed by atoms with E-state index in [0.29, 0.717) is 24.6 Å². The molecule has 3 rings (SSSR count). The molecule has 5 nitrogen and oxygen atoms in total. The van der Waals surface area contributed by atoms with Gasteiger partial charge >= 0.3 is 0 Å². The molecule has 2 aromatic carbocycles. The van der Waals surface area contributed by atoms with Crippen molar-refractivity contribution in [2.24, 2.45) is 0 Å². The quantitative estimate of drug-likeness (QED) is 0.764. The van der Waals surface area contributed by atoms with Gasteiger partial charge in [-0.15, -0.1) is 0 Å². The maximum absolute atomic E-state index is 12.4. The fourth-order valence-electron chi connectivity index (χ4n) is 3.47. The summed E-state index contributed by atoms with van der Waals surface area (Å²) in [4.78, 5) is 28.4. The van der Waals surface area contributed by atoms with Gasteiger partial charge in [0, 0.05) is 49.9 Å². The van der Waals surface area contributed by atoms with Crippen LogP contribution in [-0.4, -0.2) is 42.4 Å². The topological polar surface area (TPSA) is 52.7 Å². The predicted molar refractivity (Wildman–Crippen MR) is 112 cm³/mol. The Morgan fingerprint density at radius 3 is 2.43 bits per heavy atom. The lowest BCUT2D eigenvalue weighted by atomic mass is 10.1. The van der Waals surface area contributed by atoms with E-state index in [0.717, 1.165) is 31.7 Å². The highest BCUT2D eigenvalue weighted by Crippen LogP contribution is 2.21. The molecule has 0 bridgehead atoms. The third-order valence-corrected chi connectivity index (χ3v) is 5.16. The third-order valence-electron chi connectivity index (χ3n) is 5.16. The number of hydrogen-bond acceptors (Lipinski definition) is 3. The summed E-state index contributed by atoms with van der Waals surface area (Å²) < 4.78 is 0. The molecule has 0 aromatic heterocycles. The van der Waals surface area contributed by atoms with Crippen LogP contribution in [0.1, 0.15) is 42.6 Å². The summed E-state index contributed by atoms with van der Waals surface area (Å²) in [5, 5.41) is 3.01. The number of nitrogens with one attached hydrogen (secondary N) is 1. The minimum atomic E-state index is -0.0808. The van der Waals surface area contributed by atoms with Crippen molar-refractivity contribution in [2.75, 3.05) is 24.5 Å². The normalized spacial score (nSPS) is 14.1. The van der Waals surface area contributed by atoms with E-state index in [4.69, 9.17) is 0 Å². The molecule has 0 atom stereocenters. The maximum Gasteiger partial charge on any atom is 0.251 e. The second-order valence-electron chi connectivity index (χ2n) is 7.50. The summed E-state index contributed by atoms with van der Waals surface area (Å²) in [6.07, 6.45) is 1.51. The van der Waals surface area contributed by atoms with E-state index < -0.39 is 0 Å². The van der Waals surface area contributed by atoms with Gasteiger partial charge < -0.3 is 10.2 Å². The number of hydrogen-bond donors (Lipinski definition) is 1. The van der Waals surface area contributed by atoms with Crippen molar-refractivity contribution >= 4 is 17.5 Å². The van der Waals surface area contributed by atoms with E-state index in [2.05, 4.69) is 48.3 Å². The van der Waals surface area contributed by atoms with E-state index in [-0.39, 0.29) is 11.8 Å². The number of nitrogens with zero attached hydrogens (tertiary/aromatic N) is 2. The Balaban J connectivity index is 1.50. The van der Waals surface area contributed by atoms with E-state index in [9.17, 15) is 9.59 Å². The van der Waals surface area contributed by atoms with Gasteiger partial charge in [-0.1, -0.05) is 30.3 Å². The SMILES string of the molecule is CC(C)N(CCNC(=O)c1ccc(N2CCCC2=O)cc1)Cc1ccccc1. The number of benzene rings is 2. The molecule has 2 aromatic rings. The number of anilines is 1. The van der Waals surface area contributed by atoms with Gasteiger partial charge in [-0.25, -0.2) is 0 Å². The molecule has 0 aliphatic carbocycles. The van der Waals surface area contributed by atoms with Crippen LogP contribution in [0.15, 0.2) is 54.6 Å². The lowest BCUT2D eigenvalue weighted by Crippen LogP contribution is -2.38. The molecule has 0 unspecified atom stereocenters. The summed E-state index contributed by atoms with van der Waals surface area (Å²) in [6.45, 7) is 7.35. The highest BCUT2D eigenvalue weighted by atomic mass is 16.2. The van der Waals surface area contributed by atoms with Crippen LogP contribution in [-0.2, 0) is 11.3 Å². The standard InChI is InChI=1S/C23H29N3O2/c1-18(2)25(17-19-7-4-3-5-8-19)16-14-24-23(28)20-10-12-21(13-11-20)26-15-6-9-22(26)27/h3-5,7-8,10-13,18H,6,9,14-17H2,1-2H3,(H,24,28). The number of rotatable bonds is 8. The van der Waals surface area contributed by atoms with Gasteiger partial charge in [-0.3, -0.25) is 14.5 Å². The molecule has 0 radical (unpaired) electrons. The second kappa shape index (κ2) is 9.51. The fraction of sp³-hybridized carbons (Fsp3) is 0.391. The zero-order valence-electron chi connectivity index (χ0n) is 16.7. The summed E-state index contributed by atoms with van der Waals surface area (Å²) in [5.41, 5.74) is 2.76. The first kappa shape index (κ1) is 20.1. The van der Waals surface area contributed by atoms with Crippen LogP contribution in [0.4, 0.5) is 5.69 Å². The molecule has 0 spiro atoms. The molecule has 1 fully saturated rings. The Hall–Kier alpha value is -2.66. The van der Waals surface area contributed by atoms with Gasteiger partial charge in [0.05, 0.1) is 0 Å². The van der Waals surface area contributed by atoms with Crippen molar-refractivity contribution in [3.05, 3.63) is 65.7 Å². The van der Waals surface area contributed by atoms with E-state index >= 15 is 0 Å². The number of amides is 2. The van der Waals surface area contributed by atoms with Crippen LogP contribution < -0.4 is 10.2 Å². The molecule has 0 saturated carbocycles. The highest BCUT2D eigenvalue weighted by Gasteiger charge is 2.21. The van der Waals surface area contributed by atoms with E-state index in [1.165, 1.54) is 5.56 Å². The Morgan fingerprint density at radius 2 is 1.82 bits per heavy atom. The molecule has 148 valence electrons. The predicted octanol–water partition coefficient (Wildman–Crippen LogP) is 3.45. The average molecular weight is 380 g/mol. The number of carbonyl (C=O) groups is 2. The molecule has 28 heavy (non-hydrogen) atoms. The smallest absolute Gasteiger partial charge is 0.251 e. The minimum Gasteiger partial charge on any atom is -0.351 e. The van der Waals surface area contributed by atoms with Gasteiger partial charge in [-0.2, -0.15) is 0 Å². The van der Waals surface area contributed by atoms with Crippen LogP contribution >= 0.6 is 0 Å². The lowest BCUT2D eigenvalue weighted by Gasteiger charge is -2.26. The van der Waals surface area contributed by atoms with Gasteiger partial charge in [0.15, 0.2) is 0 Å². The first-order valence-corrected chi connectivity index (χ1v) is 10.0. The molecule has 1 aliphatic heterocycles. The summed E-state index contributed by atoms with van der Waals surface area (Å²) in [7, 11) is 0. The van der Waals surface area contributed by atoms with Gasteiger partial charge in [0.1, 0.15) is 0 Å². The van der Waals surface area contributed by atoms with Gasteiger partial charge in [-0.05, 0) is 50.1 Å². The van der Waals surface area contributed by atoms with Crippen molar-refractivity contribution in [1.82, 2.24) is 10.2 Å². The fourth-order valence-corrected chi connectivity index (χ4v) is 3.47. The first-order chi connectivity index (χ1) is 13.5. The molecule has 1 saturated heterocycles. The average Bonchev–Trinajstić information content (AvgIpc) is 3.14. The molecule has 1 N–H and O–H groups in total. The highest BCUT2D eigenvalue weighted by molar-refractivity contribution is 5.97. The van der Waals surface area contributed by atoms with Crippen molar-refractivity contribution < 1.29 is 9.59 Å². The largest absolute Gasteiger partial charge is 0.351 e. The molecule has 2 amide bonds. The van der Waals surface area contributed by atoms with Crippen molar-refractivity contribution in [3.8, 4) is 0 Å². The molecule has 5 heteroatoms. The second-order valence-corrected chi connectivity index (χ2v) is 7.50. The van der Waals surface area contributed by atoms with Gasteiger partial charge in [0.25, 0.3) is 5.91 Å². The Bertz CT molecular complexity index is 787. The molecule has 1 aliphatic rings. The zero-order valence-corrected chi connectivity index (χ0v) is 16.7. The van der Waals surface area contributed by atoms with Gasteiger partial charge in [0.2, 0.25) is 5.91 Å². The van der Waals surface area contributed by atoms with Crippen molar-refractivity contribution in [3.63, 3.8) is 0 Å². The monoisotopic (exact) mass is 379 g/mol. The van der Waals surface area contributed by atoms with Crippen LogP contribution in [0, 0.1) is 0 Å². The lowest BCUT2D eigenvalue weighted by molar-refractivity contribution is -0.117. The van der Waals surface area contributed by atoms with Crippen LogP contribution in [0.25, 0.3) is 0 Å². The molecule has 1 heterocycles. The van der Waals surface area contributed by atoms with E-state index in [1.807, 2.05) is 18.2 Å². The first-order valence-electron chi connectivity index (χ1n) is 10.0. The summed E-state index contributed by atoms with van der Waals surface area (Å²) in [6, 6.07) is 18.1. The van der Waals surface area contributed by atoms with Crippen LogP contribution in [0.3, 0.4) is 0 Å². The third kappa shape index (κ3) is 5.20. The minimum absolute atomic E-state index is 0.0808. The van der Waals surface area contributed by atoms with Crippen molar-refractivity contribution in [1.29, 1.82) is 0 Å². The summed E-state index contributed by atoms with van der Waals surface area (Å²) >= 11 is 0. The molecular formula is C23H29N3O2. The van der Waals surface area contributed by atoms with Crippen molar-refractivity contribution in [2.45, 2.75) is 39.3 Å². The molecular weight excluding hydrogens is 350 g/mol. The van der Waals surface area contributed by atoms with Crippen LogP contribution in [0.5, 0.6) is 0 Å². The summed E-state index contributed by atoms with van der Waals surface area (Å²) in [5.74, 6) is 0.0760. The maximum atomic E-state index is 12.4. The Labute approximate surface area is 167 Å². The Kier molecular flexibility index (Phi) is 6.82. The van der Waals surface area contributed by atoms with E-state index in [1.54, 1.807) is 17.0 Å². The Morgan fingerprint density at radius 1 is 1.11 bits per heavy atom. The number of carbonyl (C=O) groups excluding carboxylic acids is 2.